The standard InChI is InChI=1S/C10H18N2OS/c1-8-12-9(6-14-8)5-11-10(2,3)7-13-4/h6,11H,5,7H2,1-4H3. The van der Waals surface area contributed by atoms with Gasteiger partial charge in [-0.25, -0.2) is 4.98 Å². The van der Waals surface area contributed by atoms with Crippen molar-refractivity contribution in [3.8, 4) is 0 Å². The molecule has 0 aromatic carbocycles. The number of aryl methyl sites for hydroxylation is 1. The van der Waals surface area contributed by atoms with Gasteiger partial charge in [-0.05, 0) is 20.8 Å². The third-order valence-corrected chi connectivity index (χ3v) is 2.74. The number of nitrogens with zero attached hydrogens (tertiary/aromatic N) is 1. The Morgan fingerprint density at radius 1 is 1.57 bits per heavy atom. The zero-order valence-electron chi connectivity index (χ0n) is 9.26. The number of methoxy groups -OCH3 is 1. The molecule has 1 rings (SSSR count). The van der Waals surface area contributed by atoms with Crippen LogP contribution in [0.25, 0.3) is 0 Å². The van der Waals surface area contributed by atoms with Crippen LogP contribution in [0.2, 0.25) is 0 Å². The molecule has 3 nitrogen and oxygen atoms in total. The van der Waals surface area contributed by atoms with Gasteiger partial charge in [-0.3, -0.25) is 0 Å². The van der Waals surface area contributed by atoms with Crippen molar-refractivity contribution in [3.05, 3.63) is 16.1 Å². The minimum absolute atomic E-state index is 0.00622. The Balaban J connectivity index is 2.40. The summed E-state index contributed by atoms with van der Waals surface area (Å²) < 4.78 is 5.12. The molecular formula is C10H18N2OS. The molecule has 0 saturated heterocycles. The summed E-state index contributed by atoms with van der Waals surface area (Å²) in [5.41, 5.74) is 1.11. The molecule has 0 unspecified atom stereocenters. The van der Waals surface area contributed by atoms with Gasteiger partial charge in [0.1, 0.15) is 0 Å². The highest BCUT2D eigenvalue weighted by Crippen LogP contribution is 2.09. The van der Waals surface area contributed by atoms with Crippen molar-refractivity contribution in [1.29, 1.82) is 0 Å². The second-order valence-corrected chi connectivity index (χ2v) is 5.09. The normalized spacial score (nSPS) is 12.0. The third kappa shape index (κ3) is 3.74. The van der Waals surface area contributed by atoms with E-state index in [2.05, 4.69) is 29.5 Å². The molecule has 4 heteroatoms. The fourth-order valence-corrected chi connectivity index (χ4v) is 1.84. The zero-order chi connectivity index (χ0) is 10.6. The van der Waals surface area contributed by atoms with Crippen LogP contribution in [0.15, 0.2) is 5.38 Å². The monoisotopic (exact) mass is 214 g/mol. The maximum Gasteiger partial charge on any atom is 0.0897 e. The van der Waals surface area contributed by atoms with Crippen molar-refractivity contribution in [3.63, 3.8) is 0 Å². The first-order valence-electron chi connectivity index (χ1n) is 4.68. The minimum atomic E-state index is 0.00622. The van der Waals surface area contributed by atoms with Crippen LogP contribution in [-0.2, 0) is 11.3 Å². The first kappa shape index (κ1) is 11.6. The molecule has 1 aromatic heterocycles. The van der Waals surface area contributed by atoms with Crippen molar-refractivity contribution in [2.75, 3.05) is 13.7 Å². The highest BCUT2D eigenvalue weighted by Gasteiger charge is 2.16. The lowest BCUT2D eigenvalue weighted by molar-refractivity contribution is 0.127. The molecule has 1 heterocycles. The molecule has 0 aliphatic rings. The molecular weight excluding hydrogens is 196 g/mol. The largest absolute Gasteiger partial charge is 0.383 e. The van der Waals surface area contributed by atoms with Gasteiger partial charge in [0.2, 0.25) is 0 Å². The van der Waals surface area contributed by atoms with Crippen LogP contribution in [0.4, 0.5) is 0 Å². The number of hydrogen-bond acceptors (Lipinski definition) is 4. The van der Waals surface area contributed by atoms with Gasteiger partial charge in [-0.2, -0.15) is 0 Å². The van der Waals surface area contributed by atoms with Crippen molar-refractivity contribution < 1.29 is 4.74 Å². The van der Waals surface area contributed by atoms with Crippen LogP contribution in [0, 0.1) is 6.92 Å². The number of rotatable bonds is 5. The van der Waals surface area contributed by atoms with Crippen LogP contribution >= 0.6 is 11.3 Å². The van der Waals surface area contributed by atoms with E-state index in [-0.39, 0.29) is 5.54 Å². The van der Waals surface area contributed by atoms with Crippen LogP contribution in [0.3, 0.4) is 0 Å². The van der Waals surface area contributed by atoms with Gasteiger partial charge in [0.25, 0.3) is 0 Å². The van der Waals surface area contributed by atoms with E-state index in [0.717, 1.165) is 17.2 Å². The maximum absolute atomic E-state index is 5.12. The highest BCUT2D eigenvalue weighted by atomic mass is 32.1. The number of thiazole rings is 1. The predicted octanol–water partition coefficient (Wildman–Crippen LogP) is 1.97. The summed E-state index contributed by atoms with van der Waals surface area (Å²) in [4.78, 5) is 4.39. The maximum atomic E-state index is 5.12. The minimum Gasteiger partial charge on any atom is -0.383 e. The Morgan fingerprint density at radius 3 is 2.79 bits per heavy atom. The Kier molecular flexibility index (Phi) is 4.04. The summed E-state index contributed by atoms with van der Waals surface area (Å²) in [7, 11) is 1.72. The molecule has 0 amide bonds. The molecule has 1 aromatic rings. The molecule has 1 N–H and O–H groups in total. The number of ether oxygens (including phenoxy) is 1. The van der Waals surface area contributed by atoms with E-state index in [4.69, 9.17) is 4.74 Å². The summed E-state index contributed by atoms with van der Waals surface area (Å²) in [6, 6.07) is 0. The third-order valence-electron chi connectivity index (χ3n) is 1.92. The van der Waals surface area contributed by atoms with Crippen molar-refractivity contribution in [1.82, 2.24) is 10.3 Å². The van der Waals surface area contributed by atoms with E-state index in [1.54, 1.807) is 18.4 Å². The van der Waals surface area contributed by atoms with Gasteiger partial charge in [0.15, 0.2) is 0 Å². The van der Waals surface area contributed by atoms with Gasteiger partial charge in [0, 0.05) is 24.6 Å². The molecule has 80 valence electrons. The molecule has 0 aliphatic heterocycles. The smallest absolute Gasteiger partial charge is 0.0897 e. The molecule has 0 bridgehead atoms. The van der Waals surface area contributed by atoms with E-state index in [0.29, 0.717) is 6.61 Å². The van der Waals surface area contributed by atoms with Gasteiger partial charge in [-0.15, -0.1) is 11.3 Å². The average Bonchev–Trinajstić information content (AvgIpc) is 2.48. The van der Waals surface area contributed by atoms with E-state index < -0.39 is 0 Å². The first-order valence-corrected chi connectivity index (χ1v) is 5.56. The second-order valence-electron chi connectivity index (χ2n) is 4.03. The summed E-state index contributed by atoms with van der Waals surface area (Å²) >= 11 is 1.69. The Labute approximate surface area is 89.5 Å². The Morgan fingerprint density at radius 2 is 2.29 bits per heavy atom. The molecule has 0 radical (unpaired) electrons. The van der Waals surface area contributed by atoms with Gasteiger partial charge in [-0.1, -0.05) is 0 Å². The van der Waals surface area contributed by atoms with E-state index in [9.17, 15) is 0 Å². The van der Waals surface area contributed by atoms with Crippen molar-refractivity contribution in [2.45, 2.75) is 32.9 Å². The van der Waals surface area contributed by atoms with Crippen LogP contribution < -0.4 is 5.32 Å². The molecule has 0 spiro atoms. The van der Waals surface area contributed by atoms with Gasteiger partial charge >= 0.3 is 0 Å². The van der Waals surface area contributed by atoms with Crippen LogP contribution in [0.5, 0.6) is 0 Å². The lowest BCUT2D eigenvalue weighted by Crippen LogP contribution is -2.42. The summed E-state index contributed by atoms with van der Waals surface area (Å²) in [5, 5.41) is 6.61. The molecule has 0 aliphatic carbocycles. The fourth-order valence-electron chi connectivity index (χ4n) is 1.23. The first-order chi connectivity index (χ1) is 6.53. The predicted molar refractivity (Wildman–Crippen MR) is 59.6 cm³/mol. The second kappa shape index (κ2) is 4.87. The van der Waals surface area contributed by atoms with Gasteiger partial charge < -0.3 is 10.1 Å². The van der Waals surface area contributed by atoms with Crippen molar-refractivity contribution >= 4 is 11.3 Å². The van der Waals surface area contributed by atoms with Crippen molar-refractivity contribution in [2.24, 2.45) is 0 Å². The number of hydrogen-bond donors (Lipinski definition) is 1. The number of nitrogens with one attached hydrogen (secondary N) is 1. The average molecular weight is 214 g/mol. The molecule has 0 atom stereocenters. The van der Waals surface area contributed by atoms with E-state index in [1.165, 1.54) is 0 Å². The quantitative estimate of drug-likeness (QED) is 0.813. The van der Waals surface area contributed by atoms with Gasteiger partial charge in [0.05, 0.1) is 17.3 Å². The summed E-state index contributed by atoms with van der Waals surface area (Å²) in [5.74, 6) is 0. The topological polar surface area (TPSA) is 34.1 Å². The summed E-state index contributed by atoms with van der Waals surface area (Å²) in [6.07, 6.45) is 0. The van der Waals surface area contributed by atoms with Crippen LogP contribution in [-0.4, -0.2) is 24.2 Å². The lowest BCUT2D eigenvalue weighted by Gasteiger charge is -2.24. The van der Waals surface area contributed by atoms with E-state index in [1.807, 2.05) is 6.92 Å². The Bertz CT molecular complexity index is 283. The van der Waals surface area contributed by atoms with E-state index >= 15 is 0 Å². The lowest BCUT2D eigenvalue weighted by atomic mass is 10.1. The molecule has 0 saturated carbocycles. The highest BCUT2D eigenvalue weighted by molar-refractivity contribution is 7.09. The SMILES string of the molecule is COCC(C)(C)NCc1csc(C)n1. The Hall–Kier alpha value is -0.450. The fraction of sp³-hybridized carbons (Fsp3) is 0.700. The number of aromatic nitrogens is 1. The molecule has 14 heavy (non-hydrogen) atoms. The molecule has 0 fully saturated rings. The summed E-state index contributed by atoms with van der Waals surface area (Å²) in [6.45, 7) is 7.77. The zero-order valence-corrected chi connectivity index (χ0v) is 10.1. The van der Waals surface area contributed by atoms with Crippen LogP contribution in [0.1, 0.15) is 24.5 Å².